The highest BCUT2D eigenvalue weighted by molar-refractivity contribution is 7.94. The first-order valence-electron chi connectivity index (χ1n) is 9.64. The van der Waals surface area contributed by atoms with E-state index in [1.54, 1.807) is 0 Å². The van der Waals surface area contributed by atoms with Crippen LogP contribution in [0.2, 0.25) is 0 Å². The van der Waals surface area contributed by atoms with Crippen molar-refractivity contribution in [1.82, 2.24) is 10.6 Å². The summed E-state index contributed by atoms with van der Waals surface area (Å²) in [5, 5.41) is 7.05. The van der Waals surface area contributed by atoms with Gasteiger partial charge in [0.2, 0.25) is 11.8 Å². The first-order valence-corrected chi connectivity index (χ1v) is 11.4. The van der Waals surface area contributed by atoms with Gasteiger partial charge in [-0.15, -0.1) is 0 Å². The Kier molecular flexibility index (Phi) is 6.39. The number of likely N-dealkylation sites (N-methyl/N-ethyl adjacent to an activating group) is 1. The van der Waals surface area contributed by atoms with Gasteiger partial charge in [-0.25, -0.2) is 8.42 Å². The molecule has 2 amide bonds. The van der Waals surface area contributed by atoms with Crippen molar-refractivity contribution < 1.29 is 18.0 Å². The van der Waals surface area contributed by atoms with Crippen LogP contribution in [0.15, 0.2) is 41.3 Å². The van der Waals surface area contributed by atoms with Crippen LogP contribution in [-0.4, -0.2) is 51.7 Å². The Bertz CT molecular complexity index is 851. The van der Waals surface area contributed by atoms with Gasteiger partial charge in [0.25, 0.3) is 0 Å². The number of nitrogens with one attached hydrogen (secondary N) is 2. The number of carbonyl (C=O) groups is 2. The topological polar surface area (TPSA) is 95.6 Å². The van der Waals surface area contributed by atoms with Crippen LogP contribution >= 0.6 is 0 Å². The summed E-state index contributed by atoms with van der Waals surface area (Å²) in [7, 11) is -1.42. The van der Waals surface area contributed by atoms with Gasteiger partial charge in [0.05, 0.1) is 12.3 Å². The zero-order chi connectivity index (χ0) is 20.1. The summed E-state index contributed by atoms with van der Waals surface area (Å²) in [5.74, 6) is -0.339. The molecule has 0 spiro atoms. The van der Waals surface area contributed by atoms with Gasteiger partial charge in [0, 0.05) is 35.8 Å². The second-order valence-corrected chi connectivity index (χ2v) is 9.46. The SMILES string of the molecule is CN(CC(=O)N[C@H]1CCC[C@H]1NC(=O)C1=CS(=O)(=O)CCC1)c1ccccc1. The molecule has 2 aliphatic rings. The van der Waals surface area contributed by atoms with E-state index in [1.165, 1.54) is 0 Å². The lowest BCUT2D eigenvalue weighted by atomic mass is 10.1. The normalized spacial score (nSPS) is 23.5. The quantitative estimate of drug-likeness (QED) is 0.745. The van der Waals surface area contributed by atoms with Gasteiger partial charge in [-0.1, -0.05) is 18.2 Å². The van der Waals surface area contributed by atoms with Crippen molar-refractivity contribution in [1.29, 1.82) is 0 Å². The Balaban J connectivity index is 1.55. The zero-order valence-corrected chi connectivity index (χ0v) is 16.9. The number of hydrogen-bond donors (Lipinski definition) is 2. The van der Waals surface area contributed by atoms with Crippen molar-refractivity contribution in [3.8, 4) is 0 Å². The average Bonchev–Trinajstić information content (AvgIpc) is 3.08. The Morgan fingerprint density at radius 1 is 1.07 bits per heavy atom. The van der Waals surface area contributed by atoms with Crippen molar-refractivity contribution in [2.75, 3.05) is 24.2 Å². The van der Waals surface area contributed by atoms with E-state index in [-0.39, 0.29) is 36.2 Å². The Morgan fingerprint density at radius 2 is 1.75 bits per heavy atom. The lowest BCUT2D eigenvalue weighted by molar-refractivity contribution is -0.122. The molecule has 7 nitrogen and oxygen atoms in total. The molecule has 0 radical (unpaired) electrons. The highest BCUT2D eigenvalue weighted by Crippen LogP contribution is 2.22. The zero-order valence-electron chi connectivity index (χ0n) is 16.1. The third-order valence-corrected chi connectivity index (χ3v) is 6.75. The number of para-hydroxylation sites is 1. The number of hydrogen-bond acceptors (Lipinski definition) is 5. The lowest BCUT2D eigenvalue weighted by Crippen LogP contribution is -2.50. The number of rotatable bonds is 6. The van der Waals surface area contributed by atoms with E-state index in [0.29, 0.717) is 18.4 Å². The Hall–Kier alpha value is -2.35. The fourth-order valence-corrected chi connectivity index (χ4v) is 5.10. The molecule has 0 saturated heterocycles. The van der Waals surface area contributed by atoms with Gasteiger partial charge >= 0.3 is 0 Å². The summed E-state index contributed by atoms with van der Waals surface area (Å²) in [6, 6.07) is 9.34. The third kappa shape index (κ3) is 5.34. The van der Waals surface area contributed by atoms with Crippen LogP contribution in [0.3, 0.4) is 0 Å². The predicted octanol–water partition coefficient (Wildman–Crippen LogP) is 1.37. The van der Waals surface area contributed by atoms with Gasteiger partial charge in [0.1, 0.15) is 0 Å². The first-order chi connectivity index (χ1) is 13.3. The fourth-order valence-electron chi connectivity index (χ4n) is 3.77. The van der Waals surface area contributed by atoms with E-state index in [4.69, 9.17) is 0 Å². The maximum absolute atomic E-state index is 12.5. The monoisotopic (exact) mass is 405 g/mol. The molecule has 8 heteroatoms. The fraction of sp³-hybridized carbons (Fsp3) is 0.500. The van der Waals surface area contributed by atoms with Crippen molar-refractivity contribution >= 4 is 27.3 Å². The van der Waals surface area contributed by atoms with E-state index >= 15 is 0 Å². The standard InChI is InChI=1S/C20H27N3O4S/c1-23(16-8-3-2-4-9-16)13-19(24)21-17-10-5-11-18(17)22-20(25)15-7-6-12-28(26,27)14-15/h2-4,8-9,14,17-18H,5-7,10-13H2,1H3,(H,21,24)(H,22,25)/t17-,18+/m0/s1. The van der Waals surface area contributed by atoms with E-state index in [0.717, 1.165) is 30.4 Å². The second kappa shape index (κ2) is 8.77. The Morgan fingerprint density at radius 3 is 2.43 bits per heavy atom. The van der Waals surface area contributed by atoms with Gasteiger partial charge in [-0.2, -0.15) is 0 Å². The molecule has 152 valence electrons. The first kappa shape index (κ1) is 20.4. The summed E-state index contributed by atoms with van der Waals surface area (Å²) in [4.78, 5) is 26.8. The minimum atomic E-state index is -3.28. The smallest absolute Gasteiger partial charge is 0.248 e. The van der Waals surface area contributed by atoms with Gasteiger partial charge in [-0.3, -0.25) is 9.59 Å². The number of anilines is 1. The molecular weight excluding hydrogens is 378 g/mol. The van der Waals surface area contributed by atoms with Crippen LogP contribution in [0, 0.1) is 0 Å². The van der Waals surface area contributed by atoms with Gasteiger partial charge in [-0.05, 0) is 44.2 Å². The number of nitrogens with zero attached hydrogens (tertiary/aromatic N) is 1. The summed E-state index contributed by atoms with van der Waals surface area (Å²) < 4.78 is 23.4. The highest BCUT2D eigenvalue weighted by Gasteiger charge is 2.31. The molecule has 3 rings (SSSR count). The van der Waals surface area contributed by atoms with Gasteiger partial charge in [0.15, 0.2) is 9.84 Å². The van der Waals surface area contributed by atoms with Crippen LogP contribution < -0.4 is 15.5 Å². The third-order valence-electron chi connectivity index (χ3n) is 5.25. The van der Waals surface area contributed by atoms with Crippen LogP contribution in [-0.2, 0) is 19.4 Å². The molecule has 28 heavy (non-hydrogen) atoms. The summed E-state index contributed by atoms with van der Waals surface area (Å²) in [6.45, 7) is 0.227. The molecule has 1 aliphatic heterocycles. The molecule has 2 N–H and O–H groups in total. The Labute approximate surface area is 166 Å². The molecule has 1 aromatic carbocycles. The van der Waals surface area contributed by atoms with E-state index in [9.17, 15) is 18.0 Å². The molecule has 2 atom stereocenters. The van der Waals surface area contributed by atoms with Crippen molar-refractivity contribution in [3.05, 3.63) is 41.3 Å². The lowest BCUT2D eigenvalue weighted by Gasteiger charge is -2.25. The minimum Gasteiger partial charge on any atom is -0.365 e. The molecule has 0 unspecified atom stereocenters. The molecule has 1 saturated carbocycles. The van der Waals surface area contributed by atoms with E-state index in [2.05, 4.69) is 10.6 Å². The van der Waals surface area contributed by atoms with Crippen molar-refractivity contribution in [2.45, 2.75) is 44.2 Å². The molecular formula is C20H27N3O4S. The number of carbonyl (C=O) groups excluding carboxylic acids is 2. The molecule has 0 bridgehead atoms. The highest BCUT2D eigenvalue weighted by atomic mass is 32.2. The molecule has 1 fully saturated rings. The molecule has 1 aliphatic carbocycles. The molecule has 1 heterocycles. The summed E-state index contributed by atoms with van der Waals surface area (Å²) >= 11 is 0. The average molecular weight is 406 g/mol. The van der Waals surface area contributed by atoms with E-state index < -0.39 is 9.84 Å². The maximum Gasteiger partial charge on any atom is 0.248 e. The summed E-state index contributed by atoms with van der Waals surface area (Å²) in [6.07, 6.45) is 3.41. The van der Waals surface area contributed by atoms with Crippen LogP contribution in [0.4, 0.5) is 5.69 Å². The summed E-state index contributed by atoms with van der Waals surface area (Å²) in [5.41, 5.74) is 1.27. The number of benzene rings is 1. The van der Waals surface area contributed by atoms with Crippen LogP contribution in [0.25, 0.3) is 0 Å². The van der Waals surface area contributed by atoms with Crippen molar-refractivity contribution in [3.63, 3.8) is 0 Å². The largest absolute Gasteiger partial charge is 0.365 e. The minimum absolute atomic E-state index is 0.0980. The van der Waals surface area contributed by atoms with E-state index in [1.807, 2.05) is 42.3 Å². The van der Waals surface area contributed by atoms with Gasteiger partial charge < -0.3 is 15.5 Å². The van der Waals surface area contributed by atoms with Crippen LogP contribution in [0.1, 0.15) is 32.1 Å². The second-order valence-electron chi connectivity index (χ2n) is 7.49. The number of amides is 2. The maximum atomic E-state index is 12.5. The molecule has 0 aromatic heterocycles. The molecule has 1 aromatic rings. The predicted molar refractivity (Wildman–Crippen MR) is 109 cm³/mol. The number of sulfone groups is 1. The van der Waals surface area contributed by atoms with Crippen LogP contribution in [0.5, 0.6) is 0 Å². The van der Waals surface area contributed by atoms with Crippen molar-refractivity contribution in [2.24, 2.45) is 0 Å².